The minimum absolute atomic E-state index is 0.0871. The van der Waals surface area contributed by atoms with Crippen molar-refractivity contribution in [3.63, 3.8) is 0 Å². The van der Waals surface area contributed by atoms with Gasteiger partial charge in [-0.05, 0) is 26.8 Å². The Labute approximate surface area is 95.7 Å². The summed E-state index contributed by atoms with van der Waals surface area (Å²) >= 11 is 0. The van der Waals surface area contributed by atoms with Crippen LogP contribution < -0.4 is 0 Å². The summed E-state index contributed by atoms with van der Waals surface area (Å²) in [5.74, 6) is 2.39. The molecule has 0 spiro atoms. The summed E-state index contributed by atoms with van der Waals surface area (Å²) in [7, 11) is 0. The topological polar surface area (TPSA) is 46.1 Å². The van der Waals surface area contributed by atoms with E-state index in [9.17, 15) is 4.79 Å². The number of aromatic nitrogens is 2. The van der Waals surface area contributed by atoms with E-state index in [4.69, 9.17) is 6.42 Å². The summed E-state index contributed by atoms with van der Waals surface area (Å²) in [4.78, 5) is 13.7. The third kappa shape index (κ3) is 2.57. The van der Waals surface area contributed by atoms with E-state index in [-0.39, 0.29) is 5.91 Å². The first-order valence-electron chi connectivity index (χ1n) is 5.13. The Hall–Kier alpha value is -1.89. The maximum atomic E-state index is 12.1. The third-order valence-electron chi connectivity index (χ3n) is 2.28. The van der Waals surface area contributed by atoms with Gasteiger partial charge in [0.2, 0.25) is 0 Å². The van der Waals surface area contributed by atoms with Gasteiger partial charge < -0.3 is 4.90 Å². The summed E-state index contributed by atoms with van der Waals surface area (Å²) in [6.45, 7) is 6.37. The fraction of sp³-hybridized carbons (Fsp3) is 0.417. The van der Waals surface area contributed by atoms with Crippen LogP contribution in [0, 0.1) is 26.2 Å². The number of hydrogen-bond donors (Lipinski definition) is 0. The first-order chi connectivity index (χ1) is 7.60. The van der Waals surface area contributed by atoms with E-state index in [1.165, 1.54) is 0 Å². The van der Waals surface area contributed by atoms with Crippen molar-refractivity contribution in [3.8, 4) is 12.3 Å². The van der Waals surface area contributed by atoms with Crippen LogP contribution in [-0.2, 0) is 0 Å². The molecule has 0 aliphatic heterocycles. The first-order valence-corrected chi connectivity index (χ1v) is 5.13. The van der Waals surface area contributed by atoms with Crippen molar-refractivity contribution in [3.05, 3.63) is 23.0 Å². The van der Waals surface area contributed by atoms with Gasteiger partial charge in [-0.3, -0.25) is 4.79 Å². The number of rotatable bonds is 3. The molecule has 0 aromatic carbocycles. The summed E-state index contributed by atoms with van der Waals surface area (Å²) in [5.41, 5.74) is 1.93. The molecule has 84 valence electrons. The van der Waals surface area contributed by atoms with E-state index in [1.807, 2.05) is 6.92 Å². The Morgan fingerprint density at radius 1 is 1.50 bits per heavy atom. The molecule has 0 aliphatic carbocycles. The second kappa shape index (κ2) is 5.26. The van der Waals surface area contributed by atoms with Crippen molar-refractivity contribution >= 4 is 5.91 Å². The molecule has 1 rings (SSSR count). The van der Waals surface area contributed by atoms with Crippen LogP contribution in [0.5, 0.6) is 0 Å². The highest BCUT2D eigenvalue weighted by molar-refractivity contribution is 5.95. The molecular formula is C12H15N3O. The zero-order valence-electron chi connectivity index (χ0n) is 9.82. The maximum absolute atomic E-state index is 12.1. The molecular weight excluding hydrogens is 202 g/mol. The zero-order valence-corrected chi connectivity index (χ0v) is 9.82. The Kier molecular flexibility index (Phi) is 4.01. The summed E-state index contributed by atoms with van der Waals surface area (Å²) in [5, 5.41) is 7.82. The van der Waals surface area contributed by atoms with Crippen LogP contribution in [0.4, 0.5) is 0 Å². The molecule has 4 heteroatoms. The van der Waals surface area contributed by atoms with Gasteiger partial charge in [-0.15, -0.1) is 6.42 Å². The predicted molar refractivity (Wildman–Crippen MR) is 61.9 cm³/mol. The summed E-state index contributed by atoms with van der Waals surface area (Å²) in [6.07, 6.45) is 5.22. The van der Waals surface area contributed by atoms with Gasteiger partial charge in [0.05, 0.1) is 23.5 Å². The van der Waals surface area contributed by atoms with Crippen molar-refractivity contribution in [1.29, 1.82) is 0 Å². The summed E-state index contributed by atoms with van der Waals surface area (Å²) < 4.78 is 0. The van der Waals surface area contributed by atoms with Crippen LogP contribution in [0.25, 0.3) is 0 Å². The molecule has 1 amide bonds. The van der Waals surface area contributed by atoms with Crippen molar-refractivity contribution in [2.24, 2.45) is 0 Å². The fourth-order valence-corrected chi connectivity index (χ4v) is 1.37. The number of carbonyl (C=O) groups excluding carboxylic acids is 1. The second-order valence-electron chi connectivity index (χ2n) is 3.51. The van der Waals surface area contributed by atoms with E-state index in [0.29, 0.717) is 24.3 Å². The number of amides is 1. The van der Waals surface area contributed by atoms with E-state index < -0.39 is 0 Å². The highest BCUT2D eigenvalue weighted by atomic mass is 16.2. The van der Waals surface area contributed by atoms with Crippen molar-refractivity contribution in [1.82, 2.24) is 15.1 Å². The Bertz CT molecular complexity index is 434. The molecule has 0 atom stereocenters. The van der Waals surface area contributed by atoms with Gasteiger partial charge in [-0.1, -0.05) is 5.92 Å². The highest BCUT2D eigenvalue weighted by Gasteiger charge is 2.16. The predicted octanol–water partition coefficient (Wildman–Crippen LogP) is 1.19. The number of carbonyl (C=O) groups is 1. The fourth-order valence-electron chi connectivity index (χ4n) is 1.37. The van der Waals surface area contributed by atoms with Crippen LogP contribution in [0.15, 0.2) is 6.07 Å². The van der Waals surface area contributed by atoms with Crippen molar-refractivity contribution in [2.75, 3.05) is 13.1 Å². The largest absolute Gasteiger partial charge is 0.328 e. The SMILES string of the molecule is C#CCN(CC)C(=O)c1cc(C)nnc1C. The lowest BCUT2D eigenvalue weighted by molar-refractivity contribution is 0.0783. The molecule has 1 aromatic rings. The van der Waals surface area contributed by atoms with E-state index in [0.717, 1.165) is 5.69 Å². The quantitative estimate of drug-likeness (QED) is 0.714. The standard InChI is InChI=1S/C12H15N3O/c1-5-7-15(6-2)12(16)11-8-9(3)13-14-10(11)4/h1,8H,6-7H2,2-4H3. The highest BCUT2D eigenvalue weighted by Crippen LogP contribution is 2.09. The molecule has 4 nitrogen and oxygen atoms in total. The van der Waals surface area contributed by atoms with Gasteiger partial charge >= 0.3 is 0 Å². The smallest absolute Gasteiger partial charge is 0.256 e. The molecule has 0 N–H and O–H groups in total. The monoisotopic (exact) mass is 217 g/mol. The lowest BCUT2D eigenvalue weighted by atomic mass is 10.1. The van der Waals surface area contributed by atoms with Crippen LogP contribution in [0.2, 0.25) is 0 Å². The number of hydrogen-bond acceptors (Lipinski definition) is 3. The van der Waals surface area contributed by atoms with Gasteiger partial charge in [0, 0.05) is 6.54 Å². The van der Waals surface area contributed by atoms with Crippen LogP contribution in [-0.4, -0.2) is 34.1 Å². The van der Waals surface area contributed by atoms with Gasteiger partial charge in [-0.2, -0.15) is 10.2 Å². The molecule has 0 fully saturated rings. The minimum Gasteiger partial charge on any atom is -0.328 e. The molecule has 0 radical (unpaired) electrons. The number of aryl methyl sites for hydroxylation is 2. The molecule has 16 heavy (non-hydrogen) atoms. The zero-order chi connectivity index (χ0) is 12.1. The van der Waals surface area contributed by atoms with E-state index in [2.05, 4.69) is 16.1 Å². The first kappa shape index (κ1) is 12.2. The third-order valence-corrected chi connectivity index (χ3v) is 2.28. The molecule has 0 saturated carbocycles. The number of terminal acetylenes is 1. The normalized spacial score (nSPS) is 9.62. The summed E-state index contributed by atoms with van der Waals surface area (Å²) in [6, 6.07) is 1.74. The minimum atomic E-state index is -0.0871. The average Bonchev–Trinajstić information content (AvgIpc) is 2.28. The maximum Gasteiger partial charge on any atom is 0.256 e. The Morgan fingerprint density at radius 2 is 2.19 bits per heavy atom. The van der Waals surface area contributed by atoms with Crippen LogP contribution in [0.1, 0.15) is 28.7 Å². The molecule has 0 saturated heterocycles. The van der Waals surface area contributed by atoms with E-state index in [1.54, 1.807) is 24.8 Å². The average molecular weight is 217 g/mol. The van der Waals surface area contributed by atoms with Crippen LogP contribution in [0.3, 0.4) is 0 Å². The van der Waals surface area contributed by atoms with E-state index >= 15 is 0 Å². The van der Waals surface area contributed by atoms with Gasteiger partial charge in [0.1, 0.15) is 0 Å². The molecule has 1 aromatic heterocycles. The van der Waals surface area contributed by atoms with Gasteiger partial charge in [0.25, 0.3) is 5.91 Å². The van der Waals surface area contributed by atoms with Crippen molar-refractivity contribution in [2.45, 2.75) is 20.8 Å². The Balaban J connectivity index is 3.03. The molecule has 0 unspecified atom stereocenters. The molecule has 0 aliphatic rings. The number of nitrogens with zero attached hydrogens (tertiary/aromatic N) is 3. The Morgan fingerprint density at radius 3 is 2.75 bits per heavy atom. The van der Waals surface area contributed by atoms with Crippen molar-refractivity contribution < 1.29 is 4.79 Å². The lowest BCUT2D eigenvalue weighted by Gasteiger charge is -2.18. The van der Waals surface area contributed by atoms with Gasteiger partial charge in [0.15, 0.2) is 0 Å². The van der Waals surface area contributed by atoms with Gasteiger partial charge in [-0.25, -0.2) is 0 Å². The lowest BCUT2D eigenvalue weighted by Crippen LogP contribution is -2.32. The van der Waals surface area contributed by atoms with Crippen LogP contribution >= 0.6 is 0 Å². The second-order valence-corrected chi connectivity index (χ2v) is 3.51. The molecule has 0 bridgehead atoms. The molecule has 1 heterocycles.